The molecule has 11 heteroatoms. The van der Waals surface area contributed by atoms with E-state index in [1.165, 1.54) is 19.2 Å². The molecule has 30 heavy (non-hydrogen) atoms. The standard InChI is InChI=1S/C19H19Cl2N3O5S/c1-11(18(25)23-17-15(21)8-14(20)9-22-17)29-19(26)16-7-12-5-3-4-6-13(12)10-24(16)30(2,27)28/h3-6,8-9,11,16H,7,10H2,1-2H3,(H,22,23,25)/t11-,16-/m1/s1. The molecule has 3 rings (SSSR count). The Labute approximate surface area is 184 Å². The second-order valence-corrected chi connectivity index (χ2v) is 9.63. The lowest BCUT2D eigenvalue weighted by Crippen LogP contribution is -2.50. The normalized spacial score (nSPS) is 17.7. The lowest BCUT2D eigenvalue weighted by Gasteiger charge is -2.33. The molecule has 1 N–H and O–H groups in total. The van der Waals surface area contributed by atoms with Crippen LogP contribution >= 0.6 is 23.2 Å². The average Bonchev–Trinajstić information content (AvgIpc) is 2.68. The first-order valence-corrected chi connectivity index (χ1v) is 11.5. The molecule has 2 atom stereocenters. The number of carbonyl (C=O) groups is 2. The molecule has 8 nitrogen and oxygen atoms in total. The summed E-state index contributed by atoms with van der Waals surface area (Å²) in [6.07, 6.45) is 1.29. The molecule has 1 aromatic heterocycles. The summed E-state index contributed by atoms with van der Waals surface area (Å²) in [6, 6.07) is 7.61. The zero-order valence-electron chi connectivity index (χ0n) is 16.1. The molecular weight excluding hydrogens is 453 g/mol. The number of nitrogens with zero attached hydrogens (tertiary/aromatic N) is 2. The monoisotopic (exact) mass is 471 g/mol. The van der Waals surface area contributed by atoms with Gasteiger partial charge in [0.15, 0.2) is 11.9 Å². The van der Waals surface area contributed by atoms with Crippen LogP contribution in [0.3, 0.4) is 0 Å². The van der Waals surface area contributed by atoms with Crippen LogP contribution in [0, 0.1) is 0 Å². The van der Waals surface area contributed by atoms with Gasteiger partial charge >= 0.3 is 5.97 Å². The van der Waals surface area contributed by atoms with Gasteiger partial charge in [0.2, 0.25) is 10.0 Å². The topological polar surface area (TPSA) is 106 Å². The first-order chi connectivity index (χ1) is 14.1. The number of aromatic nitrogens is 1. The van der Waals surface area contributed by atoms with Crippen molar-refractivity contribution in [3.8, 4) is 0 Å². The van der Waals surface area contributed by atoms with Crippen LogP contribution in [0.15, 0.2) is 36.5 Å². The van der Waals surface area contributed by atoms with Gasteiger partial charge in [0.1, 0.15) is 6.04 Å². The number of halogens is 2. The smallest absolute Gasteiger partial charge is 0.325 e. The van der Waals surface area contributed by atoms with Gasteiger partial charge in [-0.15, -0.1) is 0 Å². The maximum atomic E-state index is 12.8. The van der Waals surface area contributed by atoms with Gasteiger partial charge in [0.05, 0.1) is 16.3 Å². The largest absolute Gasteiger partial charge is 0.451 e. The number of amides is 1. The Morgan fingerprint density at radius 2 is 1.93 bits per heavy atom. The highest BCUT2D eigenvalue weighted by molar-refractivity contribution is 7.88. The highest BCUT2D eigenvalue weighted by Gasteiger charge is 2.39. The minimum atomic E-state index is -3.69. The summed E-state index contributed by atoms with van der Waals surface area (Å²) in [7, 11) is -3.69. The van der Waals surface area contributed by atoms with Crippen molar-refractivity contribution in [2.45, 2.75) is 32.0 Å². The van der Waals surface area contributed by atoms with Crippen molar-refractivity contribution in [3.05, 3.63) is 57.7 Å². The van der Waals surface area contributed by atoms with Crippen LogP contribution in [-0.4, -0.2) is 48.0 Å². The van der Waals surface area contributed by atoms with E-state index in [1.54, 1.807) is 6.07 Å². The van der Waals surface area contributed by atoms with Crippen molar-refractivity contribution in [2.24, 2.45) is 0 Å². The van der Waals surface area contributed by atoms with Crippen molar-refractivity contribution in [1.82, 2.24) is 9.29 Å². The van der Waals surface area contributed by atoms with Crippen LogP contribution in [-0.2, 0) is 37.3 Å². The van der Waals surface area contributed by atoms with E-state index in [-0.39, 0.29) is 23.8 Å². The number of nitrogens with one attached hydrogen (secondary N) is 1. The van der Waals surface area contributed by atoms with E-state index in [2.05, 4.69) is 10.3 Å². The molecule has 1 aromatic carbocycles. The molecule has 2 heterocycles. The van der Waals surface area contributed by atoms with E-state index in [4.69, 9.17) is 27.9 Å². The highest BCUT2D eigenvalue weighted by Crippen LogP contribution is 2.27. The van der Waals surface area contributed by atoms with Crippen molar-refractivity contribution < 1.29 is 22.7 Å². The van der Waals surface area contributed by atoms with Crippen LogP contribution in [0.5, 0.6) is 0 Å². The summed E-state index contributed by atoms with van der Waals surface area (Å²) in [5.74, 6) is -1.41. The highest BCUT2D eigenvalue weighted by atomic mass is 35.5. The van der Waals surface area contributed by atoms with Gasteiger partial charge < -0.3 is 10.1 Å². The number of hydrogen-bond donors (Lipinski definition) is 1. The van der Waals surface area contributed by atoms with Crippen molar-refractivity contribution in [2.75, 3.05) is 11.6 Å². The molecule has 160 valence electrons. The Morgan fingerprint density at radius 3 is 2.57 bits per heavy atom. The molecule has 0 aliphatic carbocycles. The van der Waals surface area contributed by atoms with Crippen LogP contribution in [0.25, 0.3) is 0 Å². The summed E-state index contributed by atoms with van der Waals surface area (Å²) in [6.45, 7) is 1.43. The number of esters is 1. The molecule has 0 fully saturated rings. The zero-order valence-corrected chi connectivity index (χ0v) is 18.5. The molecule has 0 saturated heterocycles. The molecular formula is C19H19Cl2N3O5S. The molecule has 1 amide bonds. The van der Waals surface area contributed by atoms with Gasteiger partial charge in [0.25, 0.3) is 5.91 Å². The summed E-state index contributed by atoms with van der Waals surface area (Å²) in [5.41, 5.74) is 1.68. The first-order valence-electron chi connectivity index (χ1n) is 8.92. The Kier molecular flexibility index (Phi) is 6.66. The molecule has 0 saturated carbocycles. The van der Waals surface area contributed by atoms with E-state index in [0.29, 0.717) is 5.02 Å². The molecule has 0 spiro atoms. The Morgan fingerprint density at radius 1 is 1.27 bits per heavy atom. The SMILES string of the molecule is C[C@@H](OC(=O)[C@H]1Cc2ccccc2CN1S(C)(=O)=O)C(=O)Nc1ncc(Cl)cc1Cl. The average molecular weight is 472 g/mol. The van der Waals surface area contributed by atoms with Gasteiger partial charge in [0, 0.05) is 19.2 Å². The number of sulfonamides is 1. The van der Waals surface area contributed by atoms with Crippen LogP contribution < -0.4 is 5.32 Å². The lowest BCUT2D eigenvalue weighted by molar-refractivity contribution is -0.157. The zero-order chi connectivity index (χ0) is 22.1. The van der Waals surface area contributed by atoms with E-state index in [0.717, 1.165) is 21.7 Å². The fourth-order valence-corrected chi connectivity index (χ4v) is 4.50. The van der Waals surface area contributed by atoms with Gasteiger partial charge in [-0.05, 0) is 24.1 Å². The number of fused-ring (bicyclic) bond motifs is 1. The molecule has 1 aliphatic rings. The molecule has 1 aliphatic heterocycles. The minimum Gasteiger partial charge on any atom is -0.451 e. The van der Waals surface area contributed by atoms with Gasteiger partial charge in [-0.25, -0.2) is 13.4 Å². The fourth-order valence-electron chi connectivity index (χ4n) is 3.08. The van der Waals surface area contributed by atoms with Gasteiger partial charge in [-0.2, -0.15) is 4.31 Å². The van der Waals surface area contributed by atoms with Crippen molar-refractivity contribution >= 4 is 50.9 Å². The second-order valence-electron chi connectivity index (χ2n) is 6.85. The summed E-state index contributed by atoms with van der Waals surface area (Å²) in [5, 5.41) is 2.88. The van der Waals surface area contributed by atoms with Gasteiger partial charge in [-0.3, -0.25) is 9.59 Å². The van der Waals surface area contributed by atoms with E-state index < -0.39 is 34.0 Å². The molecule has 2 aromatic rings. The first kappa shape index (κ1) is 22.5. The number of ether oxygens (including phenoxy) is 1. The number of benzene rings is 1. The summed E-state index contributed by atoms with van der Waals surface area (Å²) >= 11 is 11.8. The fraction of sp³-hybridized carbons (Fsp3) is 0.316. The minimum absolute atomic E-state index is 0.0552. The number of carbonyl (C=O) groups excluding carboxylic acids is 2. The molecule has 0 radical (unpaired) electrons. The predicted octanol–water partition coefficient (Wildman–Crippen LogP) is 2.65. The summed E-state index contributed by atoms with van der Waals surface area (Å²) < 4.78 is 30.8. The number of rotatable bonds is 5. The molecule has 0 bridgehead atoms. The predicted molar refractivity (Wildman–Crippen MR) is 113 cm³/mol. The third-order valence-corrected chi connectivity index (χ3v) is 6.35. The Bertz CT molecular complexity index is 1090. The van der Waals surface area contributed by atoms with Crippen LogP contribution in [0.4, 0.5) is 5.82 Å². The molecule has 0 unspecified atom stereocenters. The van der Waals surface area contributed by atoms with Crippen molar-refractivity contribution in [3.63, 3.8) is 0 Å². The number of pyridine rings is 1. The van der Waals surface area contributed by atoms with E-state index >= 15 is 0 Å². The number of anilines is 1. The maximum absolute atomic E-state index is 12.8. The maximum Gasteiger partial charge on any atom is 0.325 e. The Balaban J connectivity index is 1.73. The van der Waals surface area contributed by atoms with Crippen LogP contribution in [0.2, 0.25) is 10.0 Å². The third kappa shape index (κ3) is 5.10. The lowest BCUT2D eigenvalue weighted by atomic mass is 9.96. The third-order valence-electron chi connectivity index (χ3n) is 4.62. The van der Waals surface area contributed by atoms with Crippen molar-refractivity contribution in [1.29, 1.82) is 0 Å². The second kappa shape index (κ2) is 8.89. The summed E-state index contributed by atoms with van der Waals surface area (Å²) in [4.78, 5) is 29.1. The van der Waals surface area contributed by atoms with E-state index in [1.807, 2.05) is 18.2 Å². The quantitative estimate of drug-likeness (QED) is 0.671. The van der Waals surface area contributed by atoms with Gasteiger partial charge in [-0.1, -0.05) is 47.5 Å². The Hall–Kier alpha value is -2.20. The van der Waals surface area contributed by atoms with Crippen LogP contribution in [0.1, 0.15) is 18.1 Å². The number of hydrogen-bond acceptors (Lipinski definition) is 6. The van der Waals surface area contributed by atoms with E-state index in [9.17, 15) is 18.0 Å².